The van der Waals surface area contributed by atoms with Crippen LogP contribution < -0.4 is 16.0 Å². The molecule has 2 saturated heterocycles. The van der Waals surface area contributed by atoms with Crippen molar-refractivity contribution in [2.45, 2.75) is 58.7 Å². The van der Waals surface area contributed by atoms with Crippen molar-refractivity contribution in [3.05, 3.63) is 0 Å². The molecule has 3 N–H and O–H groups in total. The molecule has 164 valence electrons. The Kier molecular flexibility index (Phi) is 10.5. The summed E-state index contributed by atoms with van der Waals surface area (Å²) in [4.78, 5) is 19.0. The molecule has 0 aromatic heterocycles. The first kappa shape index (κ1) is 25.4. The zero-order valence-corrected chi connectivity index (χ0v) is 20.5. The molecule has 0 aromatic rings. The predicted octanol–water partition coefficient (Wildman–Crippen LogP) is 0.582. The van der Waals surface area contributed by atoms with Crippen LogP contribution in [0.2, 0.25) is 0 Å². The molecule has 1 amide bonds. The van der Waals surface area contributed by atoms with Crippen molar-refractivity contribution in [3.63, 3.8) is 0 Å². The monoisotopic (exact) mass is 529 g/mol. The number of likely N-dealkylation sites (tertiary alicyclic amines) is 1. The highest BCUT2D eigenvalue weighted by molar-refractivity contribution is 14.0. The third-order valence-corrected chi connectivity index (χ3v) is 7.01. The highest BCUT2D eigenvalue weighted by atomic mass is 127. The number of carbonyl (C=O) groups is 1. The second-order valence-corrected chi connectivity index (χ2v) is 10.2. The van der Waals surface area contributed by atoms with Gasteiger partial charge in [-0.1, -0.05) is 6.92 Å². The van der Waals surface area contributed by atoms with Crippen LogP contribution in [0.1, 0.15) is 40.5 Å². The maximum atomic E-state index is 12.0. The third kappa shape index (κ3) is 8.02. The molecule has 2 aliphatic rings. The lowest BCUT2D eigenvalue weighted by molar-refractivity contribution is -0.121. The first-order valence-electron chi connectivity index (χ1n) is 9.99. The van der Waals surface area contributed by atoms with E-state index in [1.54, 1.807) is 0 Å². The molecule has 28 heavy (non-hydrogen) atoms. The van der Waals surface area contributed by atoms with Crippen molar-refractivity contribution in [2.75, 3.05) is 37.7 Å². The molecule has 0 aromatic carbocycles. The van der Waals surface area contributed by atoms with Gasteiger partial charge in [-0.05, 0) is 33.1 Å². The summed E-state index contributed by atoms with van der Waals surface area (Å²) in [6, 6.07) is 0.615. The fourth-order valence-corrected chi connectivity index (χ4v) is 5.26. The van der Waals surface area contributed by atoms with Crippen LogP contribution in [0.15, 0.2) is 4.99 Å². The number of guanidine groups is 1. The molecule has 0 aliphatic carbocycles. The Bertz CT molecular complexity index is 641. The molecule has 0 bridgehead atoms. The molecule has 0 radical (unpaired) electrons. The second kappa shape index (κ2) is 11.5. The largest absolute Gasteiger partial charge is 0.357 e. The summed E-state index contributed by atoms with van der Waals surface area (Å²) >= 11 is 0. The minimum Gasteiger partial charge on any atom is -0.357 e. The molecular formula is C18H36IN5O3S. The first-order chi connectivity index (χ1) is 12.7. The number of amides is 1. The summed E-state index contributed by atoms with van der Waals surface area (Å²) in [6.07, 6.45) is 0.763. The van der Waals surface area contributed by atoms with Gasteiger partial charge in [-0.2, -0.15) is 0 Å². The van der Waals surface area contributed by atoms with Gasteiger partial charge in [-0.3, -0.25) is 14.7 Å². The van der Waals surface area contributed by atoms with E-state index in [9.17, 15) is 13.2 Å². The van der Waals surface area contributed by atoms with Crippen molar-refractivity contribution in [1.29, 1.82) is 0 Å². The number of rotatable bonds is 7. The van der Waals surface area contributed by atoms with Crippen LogP contribution in [0.4, 0.5) is 0 Å². The van der Waals surface area contributed by atoms with Crippen LogP contribution in [0, 0.1) is 5.92 Å². The second-order valence-electron chi connectivity index (χ2n) is 7.95. The van der Waals surface area contributed by atoms with Gasteiger partial charge in [0.05, 0.1) is 18.1 Å². The average molecular weight is 529 g/mol. The number of halogens is 1. The third-order valence-electron chi connectivity index (χ3n) is 5.24. The summed E-state index contributed by atoms with van der Waals surface area (Å²) < 4.78 is 22.9. The molecule has 0 saturated carbocycles. The van der Waals surface area contributed by atoms with E-state index < -0.39 is 9.84 Å². The van der Waals surface area contributed by atoms with Gasteiger partial charge in [0.1, 0.15) is 0 Å². The van der Waals surface area contributed by atoms with E-state index in [1.165, 1.54) is 0 Å². The number of sulfone groups is 1. The van der Waals surface area contributed by atoms with Gasteiger partial charge in [0, 0.05) is 44.2 Å². The molecule has 3 unspecified atom stereocenters. The lowest BCUT2D eigenvalue weighted by Gasteiger charge is -2.22. The minimum absolute atomic E-state index is 0. The number of carbonyl (C=O) groups excluding carboxylic acids is 1. The van der Waals surface area contributed by atoms with Gasteiger partial charge in [0.2, 0.25) is 5.91 Å². The lowest BCUT2D eigenvalue weighted by Crippen LogP contribution is -2.47. The van der Waals surface area contributed by atoms with E-state index in [2.05, 4.69) is 46.6 Å². The smallest absolute Gasteiger partial charge is 0.222 e. The maximum Gasteiger partial charge on any atom is 0.222 e. The van der Waals surface area contributed by atoms with E-state index >= 15 is 0 Å². The molecule has 2 aliphatic heterocycles. The molecule has 2 heterocycles. The summed E-state index contributed by atoms with van der Waals surface area (Å²) in [5.41, 5.74) is 0. The van der Waals surface area contributed by atoms with E-state index in [1.807, 2.05) is 6.92 Å². The van der Waals surface area contributed by atoms with E-state index in [4.69, 9.17) is 0 Å². The van der Waals surface area contributed by atoms with Gasteiger partial charge in [-0.25, -0.2) is 8.42 Å². The number of hydrogen-bond acceptors (Lipinski definition) is 5. The zero-order valence-electron chi connectivity index (χ0n) is 17.4. The van der Waals surface area contributed by atoms with Crippen LogP contribution in [0.25, 0.3) is 0 Å². The van der Waals surface area contributed by atoms with Gasteiger partial charge in [-0.15, -0.1) is 24.0 Å². The molecule has 8 nitrogen and oxygen atoms in total. The highest BCUT2D eigenvalue weighted by Crippen LogP contribution is 2.18. The summed E-state index contributed by atoms with van der Waals surface area (Å²) in [5, 5.41) is 9.54. The van der Waals surface area contributed by atoms with Crippen LogP contribution in [-0.4, -0.2) is 81.0 Å². The van der Waals surface area contributed by atoms with Crippen molar-refractivity contribution in [3.8, 4) is 0 Å². The Labute approximate surface area is 186 Å². The van der Waals surface area contributed by atoms with Gasteiger partial charge in [0.25, 0.3) is 0 Å². The lowest BCUT2D eigenvalue weighted by atomic mass is 10.1. The zero-order chi connectivity index (χ0) is 20.0. The maximum absolute atomic E-state index is 12.0. The van der Waals surface area contributed by atoms with Crippen molar-refractivity contribution < 1.29 is 13.2 Å². The van der Waals surface area contributed by atoms with Gasteiger partial charge < -0.3 is 16.0 Å². The van der Waals surface area contributed by atoms with Gasteiger partial charge in [0.15, 0.2) is 15.8 Å². The number of nitrogens with one attached hydrogen (secondary N) is 3. The minimum atomic E-state index is -2.98. The molecule has 3 atom stereocenters. The topological polar surface area (TPSA) is 103 Å². The standard InChI is InChI=1S/C18H35N5O3S.HI/c1-5-19-18(22-16-11-23(13(2)3)10-14(16)4)20-8-6-17(24)21-15-7-9-27(25,26)12-15;/h13-16H,5-12H2,1-4H3,(H,21,24)(H2,19,20,22);1H. The SMILES string of the molecule is CCNC(=NCCC(=O)NC1CCS(=O)(=O)C1)NC1CN(C(C)C)CC1C.I. The summed E-state index contributed by atoms with van der Waals surface area (Å²) in [6.45, 7) is 11.9. The molecule has 2 fully saturated rings. The van der Waals surface area contributed by atoms with Crippen molar-refractivity contribution in [1.82, 2.24) is 20.9 Å². The Morgan fingerprint density at radius 1 is 1.25 bits per heavy atom. The van der Waals surface area contributed by atoms with Gasteiger partial charge >= 0.3 is 0 Å². The number of aliphatic imine (C=N–C) groups is 1. The molecular weight excluding hydrogens is 493 g/mol. The van der Waals surface area contributed by atoms with E-state index in [0.717, 1.165) is 25.6 Å². The predicted molar refractivity (Wildman–Crippen MR) is 124 cm³/mol. The number of nitrogens with zero attached hydrogens (tertiary/aromatic N) is 2. The summed E-state index contributed by atoms with van der Waals surface area (Å²) in [7, 11) is -2.98. The average Bonchev–Trinajstić information content (AvgIpc) is 3.10. The normalized spacial score (nSPS) is 27.5. The Balaban J connectivity index is 0.00000392. The Morgan fingerprint density at radius 3 is 2.50 bits per heavy atom. The van der Waals surface area contributed by atoms with Crippen LogP contribution in [-0.2, 0) is 14.6 Å². The van der Waals surface area contributed by atoms with Crippen molar-refractivity contribution >= 4 is 45.7 Å². The first-order valence-corrected chi connectivity index (χ1v) is 11.8. The molecule has 10 heteroatoms. The van der Waals surface area contributed by atoms with Crippen LogP contribution >= 0.6 is 24.0 Å². The summed E-state index contributed by atoms with van der Waals surface area (Å²) in [5.74, 6) is 1.34. The Hall–Kier alpha value is -0.620. The molecule has 2 rings (SSSR count). The van der Waals surface area contributed by atoms with Crippen LogP contribution in [0.5, 0.6) is 0 Å². The van der Waals surface area contributed by atoms with Crippen LogP contribution in [0.3, 0.4) is 0 Å². The van der Waals surface area contributed by atoms with E-state index in [-0.39, 0.29) is 53.9 Å². The quantitative estimate of drug-likeness (QED) is 0.254. The van der Waals surface area contributed by atoms with E-state index in [0.29, 0.717) is 31.0 Å². The van der Waals surface area contributed by atoms with Crippen molar-refractivity contribution in [2.24, 2.45) is 10.9 Å². The highest BCUT2D eigenvalue weighted by Gasteiger charge is 2.31. The number of hydrogen-bond donors (Lipinski definition) is 3. The Morgan fingerprint density at radius 2 is 1.96 bits per heavy atom. The fraction of sp³-hybridized carbons (Fsp3) is 0.889. The fourth-order valence-electron chi connectivity index (χ4n) is 3.59. The molecule has 0 spiro atoms.